The summed E-state index contributed by atoms with van der Waals surface area (Å²) in [5.74, 6) is 1.77. The van der Waals surface area contributed by atoms with Crippen molar-refractivity contribution in [3.8, 4) is 0 Å². The number of carbonyl (C=O) groups is 5. The predicted octanol–water partition coefficient (Wildman–Crippen LogP) is -0.426. The summed E-state index contributed by atoms with van der Waals surface area (Å²) in [6.07, 6.45) is -0.0877. The number of hydrogen-bond donors (Lipinski definition) is 9. The maximum Gasteiger partial charge on any atom is 0.245 e. The average Bonchev–Trinajstić information content (AvgIpc) is 3.59. The molecule has 272 valence electrons. The Hall–Kier alpha value is -5.06. The zero-order valence-corrected chi connectivity index (χ0v) is 29.3. The highest BCUT2D eigenvalue weighted by Gasteiger charge is 2.35. The monoisotopic (exact) mass is 690 g/mol. The molecule has 0 radical (unpaired) electrons. The van der Waals surface area contributed by atoms with Gasteiger partial charge in [0, 0.05) is 18.7 Å². The van der Waals surface area contributed by atoms with Crippen LogP contribution in [0.3, 0.4) is 0 Å². The van der Waals surface area contributed by atoms with Crippen molar-refractivity contribution in [2.24, 2.45) is 22.6 Å². The summed E-state index contributed by atoms with van der Waals surface area (Å²) in [6.45, 7) is 12.8. The molecule has 16 nitrogen and oxygen atoms in total. The minimum absolute atomic E-state index is 0.124. The van der Waals surface area contributed by atoms with Gasteiger partial charge in [-0.1, -0.05) is 32.0 Å². The summed E-state index contributed by atoms with van der Waals surface area (Å²) in [4.78, 5) is 63.6. The van der Waals surface area contributed by atoms with Gasteiger partial charge in [-0.05, 0) is 65.2 Å². The molecule has 5 unspecified atom stereocenters. The minimum atomic E-state index is -1.41. The smallest absolute Gasteiger partial charge is 0.245 e. The topological polar surface area (TPSA) is 259 Å². The number of nitrogens with one attached hydrogen (secondary N) is 6. The van der Waals surface area contributed by atoms with E-state index in [0.29, 0.717) is 11.3 Å². The van der Waals surface area contributed by atoms with Gasteiger partial charge in [0.15, 0.2) is 0 Å². The Morgan fingerprint density at radius 3 is 2.08 bits per heavy atom. The number of H-pyrrole nitrogens is 1. The van der Waals surface area contributed by atoms with Gasteiger partial charge < -0.3 is 43.3 Å². The van der Waals surface area contributed by atoms with E-state index in [0.717, 1.165) is 0 Å². The normalized spacial score (nSPS) is 14.6. The molecule has 0 saturated carbocycles. The fraction of sp³-hybridized carbons (Fsp3) is 0.531. The van der Waals surface area contributed by atoms with Gasteiger partial charge in [0.2, 0.25) is 29.5 Å². The second-order valence-corrected chi connectivity index (χ2v) is 12.5. The van der Waals surface area contributed by atoms with E-state index in [2.05, 4.69) is 41.9 Å². The van der Waals surface area contributed by atoms with Crippen LogP contribution in [0.2, 0.25) is 0 Å². The number of nitrogens with zero attached hydrogens (tertiary/aromatic N) is 2. The SMILES string of the molecule is CC(NC(=O)C(NC(=O)CNC(=O)C(C/C(N)=N/N)NC(=O)C(C)(C)c1ccn[nH]1)C(C)O)C(=O)NC(C)C(C)C.Cc1ccccc1F. The van der Waals surface area contributed by atoms with Crippen molar-refractivity contribution in [1.29, 1.82) is 0 Å². The molecule has 1 aromatic heterocycles. The predicted molar refractivity (Wildman–Crippen MR) is 182 cm³/mol. The van der Waals surface area contributed by atoms with Crippen LogP contribution in [0.4, 0.5) is 4.39 Å². The van der Waals surface area contributed by atoms with E-state index in [1.807, 2.05) is 26.8 Å². The van der Waals surface area contributed by atoms with E-state index in [1.165, 1.54) is 26.1 Å². The van der Waals surface area contributed by atoms with Crippen LogP contribution < -0.4 is 38.2 Å². The van der Waals surface area contributed by atoms with Gasteiger partial charge >= 0.3 is 0 Å². The number of amidine groups is 1. The maximum atomic E-state index is 13.0. The van der Waals surface area contributed by atoms with E-state index in [1.54, 1.807) is 39.0 Å². The highest BCUT2D eigenvalue weighted by molar-refractivity contribution is 5.97. The van der Waals surface area contributed by atoms with Crippen LogP contribution in [0.1, 0.15) is 66.1 Å². The van der Waals surface area contributed by atoms with Crippen LogP contribution in [0, 0.1) is 18.7 Å². The number of aryl methyl sites for hydroxylation is 1. The lowest BCUT2D eigenvalue weighted by atomic mass is 9.88. The van der Waals surface area contributed by atoms with Gasteiger partial charge in [-0.3, -0.25) is 29.1 Å². The molecule has 5 atom stereocenters. The third kappa shape index (κ3) is 13.9. The van der Waals surface area contributed by atoms with E-state index < -0.39 is 65.7 Å². The van der Waals surface area contributed by atoms with Gasteiger partial charge in [-0.2, -0.15) is 10.2 Å². The van der Waals surface area contributed by atoms with Crippen molar-refractivity contribution in [1.82, 2.24) is 36.8 Å². The quantitative estimate of drug-likeness (QED) is 0.0508. The second-order valence-electron chi connectivity index (χ2n) is 12.5. The summed E-state index contributed by atoms with van der Waals surface area (Å²) in [6, 6.07) is 4.59. The van der Waals surface area contributed by atoms with Gasteiger partial charge in [-0.15, -0.1) is 0 Å². The van der Waals surface area contributed by atoms with Crippen LogP contribution in [0.25, 0.3) is 0 Å². The van der Waals surface area contributed by atoms with Crippen molar-refractivity contribution in [3.63, 3.8) is 0 Å². The summed E-state index contributed by atoms with van der Waals surface area (Å²) in [5, 5.41) is 32.5. The lowest BCUT2D eigenvalue weighted by Crippen LogP contribution is -2.58. The number of nitrogens with two attached hydrogens (primary N) is 2. The van der Waals surface area contributed by atoms with Crippen molar-refractivity contribution in [3.05, 3.63) is 53.6 Å². The number of halogens is 1. The molecule has 2 rings (SSSR count). The molecule has 0 aliphatic carbocycles. The molecular formula is C32H51FN10O6. The number of hydrogen-bond acceptors (Lipinski definition) is 9. The molecule has 11 N–H and O–H groups in total. The Morgan fingerprint density at radius 1 is 0.959 bits per heavy atom. The Balaban J connectivity index is 0.00000130. The average molecular weight is 691 g/mol. The van der Waals surface area contributed by atoms with Crippen LogP contribution >= 0.6 is 0 Å². The molecule has 0 fully saturated rings. The van der Waals surface area contributed by atoms with Crippen LogP contribution in [0.5, 0.6) is 0 Å². The van der Waals surface area contributed by atoms with Gasteiger partial charge in [0.1, 0.15) is 29.8 Å². The van der Waals surface area contributed by atoms with E-state index in [4.69, 9.17) is 11.6 Å². The third-order valence-electron chi connectivity index (χ3n) is 7.65. The van der Waals surface area contributed by atoms with Gasteiger partial charge in [0.05, 0.1) is 23.8 Å². The third-order valence-corrected chi connectivity index (χ3v) is 7.65. The standard InChI is InChI=1S/C25H44N10O6.C7H7F/c1-12(2)13(3)30-21(38)14(4)31-23(40)20(15(5)36)33-19(37)11-28-22(39)16(10-18(26)34-27)32-24(41)25(6,7)17-8-9-29-35-17;1-6-4-2-3-5-7(6)8/h8-9,12-16,20,36H,10-11,27H2,1-7H3,(H2,26,34)(H,28,39)(H,29,35)(H,30,38)(H,31,40)(H,32,41)(H,33,37);2-5H,1H3. The number of aliphatic hydroxyl groups excluding tert-OH is 1. The Labute approximate surface area is 285 Å². The van der Waals surface area contributed by atoms with Crippen LogP contribution in [-0.2, 0) is 29.4 Å². The Bertz CT molecular complexity index is 1410. The number of aliphatic hydroxyl groups is 1. The first-order valence-electron chi connectivity index (χ1n) is 15.7. The van der Waals surface area contributed by atoms with Crippen molar-refractivity contribution in [2.75, 3.05) is 6.54 Å². The number of carbonyl (C=O) groups excluding carboxylic acids is 5. The summed E-state index contributed by atoms with van der Waals surface area (Å²) < 4.78 is 12.3. The molecule has 1 aromatic carbocycles. The van der Waals surface area contributed by atoms with Gasteiger partial charge in [-0.25, -0.2) is 4.39 Å². The molecule has 5 amide bonds. The molecule has 0 spiro atoms. The zero-order chi connectivity index (χ0) is 37.5. The Kier molecular flexibility index (Phi) is 16.9. The molecule has 1 heterocycles. The summed E-state index contributed by atoms with van der Waals surface area (Å²) in [5.41, 5.74) is 5.78. The lowest BCUT2D eigenvalue weighted by Gasteiger charge is -2.26. The molecule has 17 heteroatoms. The Morgan fingerprint density at radius 2 is 1.59 bits per heavy atom. The van der Waals surface area contributed by atoms with Crippen LogP contribution in [-0.4, -0.2) is 87.5 Å². The first-order valence-corrected chi connectivity index (χ1v) is 15.7. The van der Waals surface area contributed by atoms with Crippen molar-refractivity contribution < 1.29 is 33.5 Å². The van der Waals surface area contributed by atoms with Crippen molar-refractivity contribution in [2.45, 2.75) is 97.5 Å². The molecule has 2 aromatic rings. The maximum absolute atomic E-state index is 13.0. The van der Waals surface area contributed by atoms with Crippen LogP contribution in [0.15, 0.2) is 41.6 Å². The molecule has 0 aliphatic rings. The van der Waals surface area contributed by atoms with E-state index in [-0.39, 0.29) is 30.0 Å². The van der Waals surface area contributed by atoms with E-state index in [9.17, 15) is 33.5 Å². The fourth-order valence-electron chi connectivity index (χ4n) is 3.89. The highest BCUT2D eigenvalue weighted by atomic mass is 19.1. The number of aromatic nitrogens is 2. The fourth-order valence-corrected chi connectivity index (χ4v) is 3.89. The van der Waals surface area contributed by atoms with Crippen molar-refractivity contribution >= 4 is 35.4 Å². The first-order chi connectivity index (χ1) is 22.8. The molecular weight excluding hydrogens is 639 g/mol. The number of rotatable bonds is 15. The minimum Gasteiger partial charge on any atom is -0.391 e. The molecule has 0 saturated heterocycles. The zero-order valence-electron chi connectivity index (χ0n) is 29.3. The second kappa shape index (κ2) is 19.7. The number of amides is 5. The summed E-state index contributed by atoms with van der Waals surface area (Å²) in [7, 11) is 0. The molecule has 0 bridgehead atoms. The number of benzene rings is 1. The molecule has 49 heavy (non-hydrogen) atoms. The summed E-state index contributed by atoms with van der Waals surface area (Å²) >= 11 is 0. The lowest BCUT2D eigenvalue weighted by molar-refractivity contribution is -0.135. The number of aromatic amines is 1. The number of hydrazone groups is 1. The molecule has 0 aliphatic heterocycles. The first kappa shape index (κ1) is 42.0. The largest absolute Gasteiger partial charge is 0.391 e. The van der Waals surface area contributed by atoms with Gasteiger partial charge in [0.25, 0.3) is 0 Å². The van der Waals surface area contributed by atoms with E-state index >= 15 is 0 Å². The highest BCUT2D eigenvalue weighted by Crippen LogP contribution is 2.21.